The highest BCUT2D eigenvalue weighted by Crippen LogP contribution is 2.21. The van der Waals surface area contributed by atoms with Crippen LogP contribution in [0.3, 0.4) is 0 Å². The third kappa shape index (κ3) is 4.18. The number of nitrogens with one attached hydrogen (secondary N) is 1. The SMILES string of the molecule is CS(=O)(=O)N1CCC[C@@H](C(=O)NC2CCCCC2)C1. The Labute approximate surface area is 115 Å². The summed E-state index contributed by atoms with van der Waals surface area (Å²) in [5.41, 5.74) is 0. The van der Waals surface area contributed by atoms with E-state index in [1.54, 1.807) is 0 Å². The molecule has 2 aliphatic rings. The molecule has 0 radical (unpaired) electrons. The predicted molar refractivity (Wildman–Crippen MR) is 74.2 cm³/mol. The maximum Gasteiger partial charge on any atom is 0.224 e. The fourth-order valence-corrected chi connectivity index (χ4v) is 3.94. The van der Waals surface area contributed by atoms with Gasteiger partial charge in [0, 0.05) is 19.1 Å². The number of hydrogen-bond donors (Lipinski definition) is 1. The summed E-state index contributed by atoms with van der Waals surface area (Å²) in [4.78, 5) is 12.2. The lowest BCUT2D eigenvalue weighted by atomic mass is 9.93. The topological polar surface area (TPSA) is 66.5 Å². The van der Waals surface area contributed by atoms with Gasteiger partial charge >= 0.3 is 0 Å². The van der Waals surface area contributed by atoms with Crippen LogP contribution in [0.5, 0.6) is 0 Å². The number of hydrogen-bond acceptors (Lipinski definition) is 3. The van der Waals surface area contributed by atoms with Gasteiger partial charge in [0.2, 0.25) is 15.9 Å². The summed E-state index contributed by atoms with van der Waals surface area (Å²) in [7, 11) is -3.17. The minimum Gasteiger partial charge on any atom is -0.353 e. The van der Waals surface area contributed by atoms with E-state index in [1.165, 1.54) is 29.8 Å². The van der Waals surface area contributed by atoms with Crippen molar-refractivity contribution < 1.29 is 13.2 Å². The van der Waals surface area contributed by atoms with Gasteiger partial charge in [-0.25, -0.2) is 12.7 Å². The zero-order chi connectivity index (χ0) is 13.9. The van der Waals surface area contributed by atoms with Gasteiger partial charge in [0.1, 0.15) is 0 Å². The molecule has 0 spiro atoms. The molecular formula is C13H24N2O3S. The molecule has 19 heavy (non-hydrogen) atoms. The van der Waals surface area contributed by atoms with Gasteiger partial charge in [0.05, 0.1) is 12.2 Å². The van der Waals surface area contributed by atoms with Crippen LogP contribution in [0.25, 0.3) is 0 Å². The van der Waals surface area contributed by atoms with Crippen LogP contribution < -0.4 is 5.32 Å². The van der Waals surface area contributed by atoms with Crippen molar-refractivity contribution in [1.82, 2.24) is 9.62 Å². The molecule has 0 unspecified atom stereocenters. The summed E-state index contributed by atoms with van der Waals surface area (Å²) in [5.74, 6) is -0.134. The van der Waals surface area contributed by atoms with Gasteiger partial charge in [-0.2, -0.15) is 0 Å². The fourth-order valence-electron chi connectivity index (χ4n) is 3.02. The van der Waals surface area contributed by atoms with E-state index in [0.717, 1.165) is 25.7 Å². The normalized spacial score (nSPS) is 27.1. The standard InChI is InChI=1S/C13H24N2O3S/c1-19(17,18)15-9-5-6-11(10-15)13(16)14-12-7-3-2-4-8-12/h11-12H,2-10H2,1H3,(H,14,16)/t11-/m1/s1. The van der Waals surface area contributed by atoms with Gasteiger partial charge in [0.15, 0.2) is 0 Å². The summed E-state index contributed by atoms with van der Waals surface area (Å²) in [6, 6.07) is 0.301. The first-order chi connectivity index (χ1) is 8.97. The van der Waals surface area contributed by atoms with E-state index in [4.69, 9.17) is 0 Å². The van der Waals surface area contributed by atoms with Crippen molar-refractivity contribution in [3.63, 3.8) is 0 Å². The predicted octanol–water partition coefficient (Wildman–Crippen LogP) is 1.11. The minimum absolute atomic E-state index is 0.0419. The maximum absolute atomic E-state index is 12.2. The molecule has 1 atom stereocenters. The van der Waals surface area contributed by atoms with Crippen molar-refractivity contribution in [2.45, 2.75) is 51.0 Å². The van der Waals surface area contributed by atoms with Crippen molar-refractivity contribution in [3.8, 4) is 0 Å². The van der Waals surface area contributed by atoms with Crippen molar-refractivity contribution in [1.29, 1.82) is 0 Å². The molecule has 5 nitrogen and oxygen atoms in total. The molecule has 1 N–H and O–H groups in total. The quantitative estimate of drug-likeness (QED) is 0.846. The molecule has 110 valence electrons. The second kappa shape index (κ2) is 6.22. The molecule has 1 amide bonds. The Bertz CT molecular complexity index is 416. The van der Waals surface area contributed by atoms with Crippen molar-refractivity contribution >= 4 is 15.9 Å². The van der Waals surface area contributed by atoms with Crippen LogP contribution >= 0.6 is 0 Å². The van der Waals surface area contributed by atoms with Crippen LogP contribution in [0.15, 0.2) is 0 Å². The van der Waals surface area contributed by atoms with Gasteiger partial charge in [-0.1, -0.05) is 19.3 Å². The molecule has 1 aliphatic carbocycles. The number of carbonyl (C=O) groups excluding carboxylic acids is 1. The fraction of sp³-hybridized carbons (Fsp3) is 0.923. The first-order valence-electron chi connectivity index (χ1n) is 7.22. The first kappa shape index (κ1) is 14.8. The second-order valence-corrected chi connectivity index (χ2v) is 7.79. The van der Waals surface area contributed by atoms with Gasteiger partial charge in [0.25, 0.3) is 0 Å². The molecule has 1 saturated heterocycles. The summed E-state index contributed by atoms with van der Waals surface area (Å²) in [5, 5.41) is 3.10. The number of amides is 1. The molecule has 2 fully saturated rings. The molecular weight excluding hydrogens is 264 g/mol. The van der Waals surface area contributed by atoms with E-state index in [0.29, 0.717) is 19.1 Å². The highest BCUT2D eigenvalue weighted by atomic mass is 32.2. The van der Waals surface area contributed by atoms with Gasteiger partial charge in [-0.3, -0.25) is 4.79 Å². The molecule has 1 aliphatic heterocycles. The molecule has 0 bridgehead atoms. The van der Waals surface area contributed by atoms with E-state index in [1.807, 2.05) is 0 Å². The van der Waals surface area contributed by atoms with Crippen LogP contribution in [0.4, 0.5) is 0 Å². The van der Waals surface area contributed by atoms with E-state index in [9.17, 15) is 13.2 Å². The Hall–Kier alpha value is -0.620. The minimum atomic E-state index is -3.17. The third-order valence-corrected chi connectivity index (χ3v) is 5.45. The molecule has 0 aromatic rings. The van der Waals surface area contributed by atoms with Gasteiger partial charge < -0.3 is 5.32 Å². The number of piperidine rings is 1. The number of carbonyl (C=O) groups is 1. The third-order valence-electron chi connectivity index (χ3n) is 4.18. The Morgan fingerprint density at radius 3 is 2.42 bits per heavy atom. The van der Waals surface area contributed by atoms with Crippen LogP contribution in [-0.4, -0.2) is 44.0 Å². The van der Waals surface area contributed by atoms with E-state index in [2.05, 4.69) is 5.32 Å². The van der Waals surface area contributed by atoms with Crippen LogP contribution in [-0.2, 0) is 14.8 Å². The lowest BCUT2D eigenvalue weighted by Crippen LogP contribution is -2.47. The molecule has 0 aromatic carbocycles. The van der Waals surface area contributed by atoms with Gasteiger partial charge in [-0.15, -0.1) is 0 Å². The van der Waals surface area contributed by atoms with Gasteiger partial charge in [-0.05, 0) is 25.7 Å². The number of rotatable bonds is 3. The number of sulfonamides is 1. The maximum atomic E-state index is 12.2. The van der Waals surface area contributed by atoms with Crippen LogP contribution in [0, 0.1) is 5.92 Å². The molecule has 1 saturated carbocycles. The van der Waals surface area contributed by atoms with Crippen LogP contribution in [0.1, 0.15) is 44.9 Å². The highest BCUT2D eigenvalue weighted by Gasteiger charge is 2.31. The Balaban J connectivity index is 1.88. The smallest absolute Gasteiger partial charge is 0.224 e. The molecule has 0 aromatic heterocycles. The molecule has 6 heteroatoms. The summed E-state index contributed by atoms with van der Waals surface area (Å²) in [6.07, 6.45) is 8.55. The summed E-state index contributed by atoms with van der Waals surface area (Å²) < 4.78 is 24.5. The van der Waals surface area contributed by atoms with Crippen LogP contribution in [0.2, 0.25) is 0 Å². The Morgan fingerprint density at radius 1 is 1.11 bits per heavy atom. The molecule has 1 heterocycles. The second-order valence-electron chi connectivity index (χ2n) is 5.80. The highest BCUT2D eigenvalue weighted by molar-refractivity contribution is 7.88. The van der Waals surface area contributed by atoms with E-state index < -0.39 is 10.0 Å². The van der Waals surface area contributed by atoms with Crippen molar-refractivity contribution in [2.24, 2.45) is 5.92 Å². The largest absolute Gasteiger partial charge is 0.353 e. The Kier molecular flexibility index (Phi) is 4.84. The van der Waals surface area contributed by atoms with Crippen molar-refractivity contribution in [2.75, 3.05) is 19.3 Å². The average molecular weight is 288 g/mol. The summed E-state index contributed by atoms with van der Waals surface area (Å²) >= 11 is 0. The molecule has 2 rings (SSSR count). The van der Waals surface area contributed by atoms with Crippen molar-refractivity contribution in [3.05, 3.63) is 0 Å². The lowest BCUT2D eigenvalue weighted by Gasteiger charge is -2.32. The lowest BCUT2D eigenvalue weighted by molar-refractivity contribution is -0.127. The zero-order valence-electron chi connectivity index (χ0n) is 11.6. The summed E-state index contributed by atoms with van der Waals surface area (Å²) in [6.45, 7) is 0.892. The average Bonchev–Trinajstić information content (AvgIpc) is 2.39. The Morgan fingerprint density at radius 2 is 1.79 bits per heavy atom. The monoisotopic (exact) mass is 288 g/mol. The first-order valence-corrected chi connectivity index (χ1v) is 9.07. The van der Waals surface area contributed by atoms with E-state index >= 15 is 0 Å². The number of nitrogens with zero attached hydrogens (tertiary/aromatic N) is 1. The van der Waals surface area contributed by atoms with E-state index in [-0.39, 0.29) is 11.8 Å². The zero-order valence-corrected chi connectivity index (χ0v) is 12.4.